The lowest BCUT2D eigenvalue weighted by Gasteiger charge is -2.35. The predicted octanol–water partition coefficient (Wildman–Crippen LogP) is 6.74. The summed E-state index contributed by atoms with van der Waals surface area (Å²) in [6, 6.07) is 26.5. The molecule has 0 fully saturated rings. The third kappa shape index (κ3) is 3.73. The van der Waals surface area contributed by atoms with Crippen LogP contribution in [0.4, 0.5) is 5.69 Å². The highest BCUT2D eigenvalue weighted by molar-refractivity contribution is 6.12. The lowest BCUT2D eigenvalue weighted by atomic mass is 9.77. The van der Waals surface area contributed by atoms with Gasteiger partial charge in [0.05, 0.1) is 18.7 Å². The molecule has 36 heavy (non-hydrogen) atoms. The van der Waals surface area contributed by atoms with E-state index in [0.29, 0.717) is 23.5 Å². The van der Waals surface area contributed by atoms with Gasteiger partial charge in [-0.05, 0) is 65.1 Å². The van der Waals surface area contributed by atoms with Gasteiger partial charge in [0.25, 0.3) is 0 Å². The fourth-order valence-corrected chi connectivity index (χ4v) is 5.33. The van der Waals surface area contributed by atoms with E-state index in [-0.39, 0.29) is 11.8 Å². The molecule has 1 N–H and O–H groups in total. The van der Waals surface area contributed by atoms with Gasteiger partial charge < -0.3 is 14.8 Å². The Bertz CT molecular complexity index is 1540. The van der Waals surface area contributed by atoms with Gasteiger partial charge in [-0.1, -0.05) is 54.6 Å². The zero-order valence-corrected chi connectivity index (χ0v) is 19.9. The van der Waals surface area contributed by atoms with E-state index in [1.807, 2.05) is 30.3 Å². The van der Waals surface area contributed by atoms with Gasteiger partial charge in [-0.25, -0.2) is 4.79 Å². The molecule has 0 amide bonds. The van der Waals surface area contributed by atoms with Crippen LogP contribution in [0.15, 0.2) is 90.5 Å². The first-order valence-corrected chi connectivity index (χ1v) is 12.1. The van der Waals surface area contributed by atoms with Crippen molar-refractivity contribution in [2.24, 2.45) is 0 Å². The third-order valence-electron chi connectivity index (χ3n) is 7.01. The van der Waals surface area contributed by atoms with Gasteiger partial charge in [0.1, 0.15) is 0 Å². The fraction of sp³-hybridized carbons (Fsp3) is 0.161. The minimum atomic E-state index is -0.453. The summed E-state index contributed by atoms with van der Waals surface area (Å²) in [5, 5.41) is 5.95. The number of carbonyl (C=O) groups excluding carboxylic acids is 2. The summed E-state index contributed by atoms with van der Waals surface area (Å²) in [5.41, 5.74) is 5.44. The Labute approximate surface area is 209 Å². The van der Waals surface area contributed by atoms with Crippen LogP contribution in [0.2, 0.25) is 0 Å². The number of benzene rings is 4. The quantitative estimate of drug-likeness (QED) is 0.262. The number of Topliss-reactive ketones (excluding diaryl/α,β-unsaturated/α-hetero) is 1. The topological polar surface area (TPSA) is 64.6 Å². The third-order valence-corrected chi connectivity index (χ3v) is 7.01. The normalized spacial score (nSPS) is 16.7. The molecule has 6 rings (SSSR count). The highest BCUT2D eigenvalue weighted by atomic mass is 16.6. The molecule has 4 aromatic rings. The van der Waals surface area contributed by atoms with Crippen molar-refractivity contribution in [2.45, 2.75) is 25.3 Å². The highest BCUT2D eigenvalue weighted by Gasteiger charge is 2.35. The van der Waals surface area contributed by atoms with E-state index in [0.717, 1.165) is 51.6 Å². The molecule has 0 saturated carbocycles. The molecule has 0 aromatic heterocycles. The van der Waals surface area contributed by atoms with Crippen molar-refractivity contribution in [2.75, 3.05) is 12.4 Å². The Morgan fingerprint density at radius 3 is 2.53 bits per heavy atom. The minimum Gasteiger partial charge on any atom is -0.493 e. The molecule has 1 atom stereocenters. The number of hydrogen-bond donors (Lipinski definition) is 1. The van der Waals surface area contributed by atoms with Crippen LogP contribution in [0.25, 0.3) is 16.3 Å². The average Bonchev–Trinajstić information content (AvgIpc) is 2.93. The van der Waals surface area contributed by atoms with Crippen LogP contribution in [0.5, 0.6) is 11.5 Å². The summed E-state index contributed by atoms with van der Waals surface area (Å²) in [6.07, 6.45) is 2.26. The smallest absolute Gasteiger partial charge is 0.343 e. The van der Waals surface area contributed by atoms with Crippen LogP contribution >= 0.6 is 0 Å². The number of anilines is 1. The van der Waals surface area contributed by atoms with Crippen LogP contribution in [0.3, 0.4) is 0 Å². The van der Waals surface area contributed by atoms with Gasteiger partial charge >= 0.3 is 5.97 Å². The van der Waals surface area contributed by atoms with Gasteiger partial charge in [0, 0.05) is 23.2 Å². The van der Waals surface area contributed by atoms with Gasteiger partial charge in [-0.15, -0.1) is 0 Å². The number of hydrogen-bond acceptors (Lipinski definition) is 5. The number of carbonyl (C=O) groups is 2. The summed E-state index contributed by atoms with van der Waals surface area (Å²) in [4.78, 5) is 25.9. The van der Waals surface area contributed by atoms with Crippen molar-refractivity contribution in [3.63, 3.8) is 0 Å². The predicted molar refractivity (Wildman–Crippen MR) is 140 cm³/mol. The number of nitrogens with one attached hydrogen (secondary N) is 1. The molecule has 0 radical (unpaired) electrons. The van der Waals surface area contributed by atoms with Crippen LogP contribution < -0.4 is 14.8 Å². The van der Waals surface area contributed by atoms with Crippen molar-refractivity contribution in [3.05, 3.63) is 107 Å². The van der Waals surface area contributed by atoms with E-state index in [4.69, 9.17) is 9.47 Å². The number of allylic oxidation sites excluding steroid dienone is 1. The molecule has 0 spiro atoms. The maximum atomic E-state index is 13.3. The number of ketones is 1. The van der Waals surface area contributed by atoms with Crippen LogP contribution in [0.1, 0.15) is 46.8 Å². The van der Waals surface area contributed by atoms with Crippen LogP contribution in [0, 0.1) is 0 Å². The molecular formula is C31H25NO4. The molecule has 1 aliphatic heterocycles. The highest BCUT2D eigenvalue weighted by Crippen LogP contribution is 2.48. The van der Waals surface area contributed by atoms with E-state index < -0.39 is 5.97 Å². The second-order valence-corrected chi connectivity index (χ2v) is 9.12. The minimum absolute atomic E-state index is 0.172. The number of rotatable bonds is 4. The van der Waals surface area contributed by atoms with E-state index in [1.54, 1.807) is 37.4 Å². The number of fused-ring (bicyclic) bond motifs is 4. The Balaban J connectivity index is 1.42. The monoisotopic (exact) mass is 475 g/mol. The SMILES string of the molecule is COc1cc([C@H]2Nc3ccc4ccccc4c3C3=C2C(=O)CCC3)ccc1OC(=O)c1ccccc1. The zero-order valence-electron chi connectivity index (χ0n) is 19.9. The molecule has 4 aromatic carbocycles. The molecule has 5 heteroatoms. The molecular weight excluding hydrogens is 450 g/mol. The maximum absolute atomic E-state index is 13.3. The van der Waals surface area contributed by atoms with E-state index in [2.05, 4.69) is 29.6 Å². The van der Waals surface area contributed by atoms with Crippen molar-refractivity contribution in [3.8, 4) is 11.5 Å². The number of ether oxygens (including phenoxy) is 2. The largest absolute Gasteiger partial charge is 0.493 e. The molecule has 2 aliphatic rings. The van der Waals surface area contributed by atoms with Gasteiger partial charge in [0.2, 0.25) is 0 Å². The van der Waals surface area contributed by atoms with Crippen LogP contribution in [-0.2, 0) is 4.79 Å². The lowest BCUT2D eigenvalue weighted by molar-refractivity contribution is -0.116. The lowest BCUT2D eigenvalue weighted by Crippen LogP contribution is -2.27. The van der Waals surface area contributed by atoms with Gasteiger partial charge in [0.15, 0.2) is 17.3 Å². The molecule has 0 bridgehead atoms. The Hall–Kier alpha value is -4.38. The summed E-state index contributed by atoms with van der Waals surface area (Å²) in [6.45, 7) is 0. The number of methoxy groups -OCH3 is 1. The van der Waals surface area contributed by atoms with Gasteiger partial charge in [-0.3, -0.25) is 4.79 Å². The van der Waals surface area contributed by atoms with Gasteiger partial charge in [-0.2, -0.15) is 0 Å². The second-order valence-electron chi connectivity index (χ2n) is 9.12. The Morgan fingerprint density at radius 2 is 1.69 bits per heavy atom. The first kappa shape index (κ1) is 22.1. The van der Waals surface area contributed by atoms with Crippen molar-refractivity contribution in [1.29, 1.82) is 0 Å². The maximum Gasteiger partial charge on any atom is 0.343 e. The first-order valence-electron chi connectivity index (χ1n) is 12.1. The number of esters is 1. The van der Waals surface area contributed by atoms with Crippen molar-refractivity contribution >= 4 is 33.8 Å². The first-order chi connectivity index (χ1) is 17.6. The fourth-order valence-electron chi connectivity index (χ4n) is 5.33. The molecule has 0 unspecified atom stereocenters. The Morgan fingerprint density at radius 1 is 0.889 bits per heavy atom. The standard InChI is InChI=1S/C31H25NO4/c1-35-27-18-21(15-17-26(27)36-31(34)20-9-3-2-4-10-20)30-29-23(12-7-13-25(29)33)28-22-11-6-5-8-19(22)14-16-24(28)32-30/h2-6,8-11,14-18,30,32H,7,12-13H2,1H3/t30-/m1/s1. The van der Waals surface area contributed by atoms with Crippen molar-refractivity contribution < 1.29 is 19.1 Å². The summed E-state index contributed by atoms with van der Waals surface area (Å²) in [7, 11) is 1.55. The summed E-state index contributed by atoms with van der Waals surface area (Å²) >= 11 is 0. The van der Waals surface area contributed by atoms with E-state index >= 15 is 0 Å². The Kier molecular flexibility index (Phi) is 5.53. The van der Waals surface area contributed by atoms with Crippen LogP contribution in [-0.4, -0.2) is 18.9 Å². The van der Waals surface area contributed by atoms with Crippen molar-refractivity contribution in [1.82, 2.24) is 0 Å². The summed E-state index contributed by atoms with van der Waals surface area (Å²) in [5.74, 6) is 0.492. The average molecular weight is 476 g/mol. The summed E-state index contributed by atoms with van der Waals surface area (Å²) < 4.78 is 11.2. The molecule has 1 heterocycles. The molecule has 0 saturated heterocycles. The zero-order chi connectivity index (χ0) is 24.6. The second kappa shape index (κ2) is 9.00. The van der Waals surface area contributed by atoms with E-state index in [9.17, 15) is 9.59 Å². The molecule has 178 valence electrons. The van der Waals surface area contributed by atoms with E-state index in [1.165, 1.54) is 0 Å². The molecule has 5 nitrogen and oxygen atoms in total. The molecule has 1 aliphatic carbocycles.